The standard InChI is InChI=1S/C9H18N6O2/c1-7-13-8(17-15-7)6-12-9(14-10)11-4-3-5-16-2/h3-6,10H2,1-2H3,(H2,11,12,14). The fraction of sp³-hybridized carbons (Fsp3) is 0.667. The molecule has 1 aromatic heterocycles. The van der Waals surface area contributed by atoms with Crippen molar-refractivity contribution in [3.05, 3.63) is 11.7 Å². The third-order valence-electron chi connectivity index (χ3n) is 1.90. The Hall–Kier alpha value is -1.67. The first-order valence-electron chi connectivity index (χ1n) is 5.29. The maximum atomic E-state index is 5.32. The van der Waals surface area contributed by atoms with Gasteiger partial charge in [0, 0.05) is 20.3 Å². The number of hydrogen-bond acceptors (Lipinski definition) is 6. The van der Waals surface area contributed by atoms with E-state index in [1.165, 1.54) is 0 Å². The van der Waals surface area contributed by atoms with Crippen LogP contribution in [0.3, 0.4) is 0 Å². The Labute approximate surface area is 99.6 Å². The number of methoxy groups -OCH3 is 1. The van der Waals surface area contributed by atoms with E-state index < -0.39 is 0 Å². The van der Waals surface area contributed by atoms with Gasteiger partial charge in [-0.1, -0.05) is 5.16 Å². The van der Waals surface area contributed by atoms with Crippen molar-refractivity contribution in [3.8, 4) is 0 Å². The molecule has 0 aliphatic rings. The summed E-state index contributed by atoms with van der Waals surface area (Å²) in [5.74, 6) is 6.84. The van der Waals surface area contributed by atoms with Crippen LogP contribution in [0.5, 0.6) is 0 Å². The number of guanidine groups is 1. The van der Waals surface area contributed by atoms with E-state index >= 15 is 0 Å². The van der Waals surface area contributed by atoms with Crippen LogP contribution in [0.4, 0.5) is 0 Å². The number of hydrogen-bond donors (Lipinski definition) is 3. The van der Waals surface area contributed by atoms with Crippen molar-refractivity contribution in [1.29, 1.82) is 0 Å². The summed E-state index contributed by atoms with van der Waals surface area (Å²) in [7, 11) is 1.66. The molecule has 8 heteroatoms. The molecule has 0 fully saturated rings. The molecule has 0 bridgehead atoms. The number of aliphatic imine (C=N–C) groups is 1. The number of ether oxygens (including phenoxy) is 1. The van der Waals surface area contributed by atoms with Crippen molar-refractivity contribution in [2.75, 3.05) is 20.3 Å². The van der Waals surface area contributed by atoms with Crippen LogP contribution in [0.25, 0.3) is 0 Å². The number of aryl methyl sites for hydroxylation is 1. The van der Waals surface area contributed by atoms with Crippen LogP contribution < -0.4 is 16.6 Å². The number of aromatic nitrogens is 2. The van der Waals surface area contributed by atoms with Crippen LogP contribution in [0.2, 0.25) is 0 Å². The third-order valence-corrected chi connectivity index (χ3v) is 1.90. The van der Waals surface area contributed by atoms with Gasteiger partial charge < -0.3 is 14.6 Å². The Morgan fingerprint density at radius 1 is 1.59 bits per heavy atom. The molecule has 4 N–H and O–H groups in total. The highest BCUT2D eigenvalue weighted by atomic mass is 16.5. The van der Waals surface area contributed by atoms with Crippen molar-refractivity contribution >= 4 is 5.96 Å². The molecule has 0 spiro atoms. The molecule has 1 aromatic rings. The molecule has 0 aliphatic carbocycles. The largest absolute Gasteiger partial charge is 0.385 e. The predicted molar refractivity (Wildman–Crippen MR) is 62.0 cm³/mol. The van der Waals surface area contributed by atoms with Crippen LogP contribution in [-0.4, -0.2) is 36.4 Å². The first kappa shape index (κ1) is 13.4. The second-order valence-electron chi connectivity index (χ2n) is 3.32. The monoisotopic (exact) mass is 242 g/mol. The van der Waals surface area contributed by atoms with Crippen LogP contribution in [0, 0.1) is 6.92 Å². The van der Waals surface area contributed by atoms with Gasteiger partial charge in [-0.25, -0.2) is 10.8 Å². The summed E-state index contributed by atoms with van der Waals surface area (Å²) in [6, 6.07) is 0. The number of hydrazine groups is 1. The topological polar surface area (TPSA) is 111 Å². The number of rotatable bonds is 6. The van der Waals surface area contributed by atoms with Gasteiger partial charge in [-0.3, -0.25) is 5.43 Å². The number of nitrogens with one attached hydrogen (secondary N) is 2. The van der Waals surface area contributed by atoms with Crippen LogP contribution in [0.1, 0.15) is 18.1 Å². The molecule has 0 amide bonds. The molecule has 1 rings (SSSR count). The normalized spacial score (nSPS) is 11.6. The highest BCUT2D eigenvalue weighted by Crippen LogP contribution is 1.97. The zero-order chi connectivity index (χ0) is 12.5. The molecule has 1 heterocycles. The van der Waals surface area contributed by atoms with Gasteiger partial charge in [0.05, 0.1) is 0 Å². The minimum Gasteiger partial charge on any atom is -0.385 e. The van der Waals surface area contributed by atoms with Crippen LogP contribution in [0.15, 0.2) is 9.52 Å². The Morgan fingerprint density at radius 3 is 3.00 bits per heavy atom. The Bertz CT molecular complexity index is 351. The van der Waals surface area contributed by atoms with E-state index in [0.29, 0.717) is 24.3 Å². The Kier molecular flexibility index (Phi) is 5.97. The summed E-state index contributed by atoms with van der Waals surface area (Å²) in [5.41, 5.74) is 2.46. The summed E-state index contributed by atoms with van der Waals surface area (Å²) in [6.45, 7) is 3.45. The molecule has 0 aromatic carbocycles. The van der Waals surface area contributed by atoms with Crippen LogP contribution >= 0.6 is 0 Å². The number of nitrogens with zero attached hydrogens (tertiary/aromatic N) is 3. The van der Waals surface area contributed by atoms with Gasteiger partial charge in [-0.05, 0) is 13.3 Å². The molecular formula is C9H18N6O2. The van der Waals surface area contributed by atoms with Gasteiger partial charge in [0.25, 0.3) is 0 Å². The summed E-state index contributed by atoms with van der Waals surface area (Å²) < 4.78 is 9.84. The summed E-state index contributed by atoms with van der Waals surface area (Å²) in [4.78, 5) is 8.18. The fourth-order valence-corrected chi connectivity index (χ4v) is 1.13. The van der Waals surface area contributed by atoms with Gasteiger partial charge in [0.15, 0.2) is 5.82 Å². The van der Waals surface area contributed by atoms with Gasteiger partial charge in [0.1, 0.15) is 6.54 Å². The van der Waals surface area contributed by atoms with E-state index in [-0.39, 0.29) is 6.54 Å². The third kappa shape index (κ3) is 5.27. The summed E-state index contributed by atoms with van der Waals surface area (Å²) >= 11 is 0. The minimum atomic E-state index is 0.289. The van der Waals surface area contributed by atoms with Crippen molar-refractivity contribution in [1.82, 2.24) is 20.9 Å². The highest BCUT2D eigenvalue weighted by Gasteiger charge is 2.02. The second-order valence-corrected chi connectivity index (χ2v) is 3.32. The van der Waals surface area contributed by atoms with Gasteiger partial charge >= 0.3 is 0 Å². The molecule has 0 saturated heterocycles. The van der Waals surface area contributed by atoms with E-state index in [2.05, 4.69) is 25.9 Å². The van der Waals surface area contributed by atoms with Crippen LogP contribution in [-0.2, 0) is 11.3 Å². The highest BCUT2D eigenvalue weighted by molar-refractivity contribution is 5.78. The lowest BCUT2D eigenvalue weighted by molar-refractivity contribution is 0.195. The molecule has 0 unspecified atom stereocenters. The van der Waals surface area contributed by atoms with Crippen molar-refractivity contribution in [2.24, 2.45) is 10.8 Å². The van der Waals surface area contributed by atoms with E-state index in [9.17, 15) is 0 Å². The molecule has 8 nitrogen and oxygen atoms in total. The zero-order valence-electron chi connectivity index (χ0n) is 10.1. The Morgan fingerprint density at radius 2 is 2.41 bits per heavy atom. The minimum absolute atomic E-state index is 0.289. The lowest BCUT2D eigenvalue weighted by Gasteiger charge is -2.07. The lowest BCUT2D eigenvalue weighted by Crippen LogP contribution is -2.42. The van der Waals surface area contributed by atoms with Crippen molar-refractivity contribution < 1.29 is 9.26 Å². The lowest BCUT2D eigenvalue weighted by atomic mass is 10.4. The van der Waals surface area contributed by atoms with Crippen molar-refractivity contribution in [3.63, 3.8) is 0 Å². The average molecular weight is 242 g/mol. The van der Waals surface area contributed by atoms with Gasteiger partial charge in [-0.2, -0.15) is 4.98 Å². The molecule has 0 saturated carbocycles. The molecular weight excluding hydrogens is 224 g/mol. The van der Waals surface area contributed by atoms with E-state index in [0.717, 1.165) is 13.0 Å². The molecule has 0 aliphatic heterocycles. The van der Waals surface area contributed by atoms with E-state index in [4.69, 9.17) is 15.1 Å². The van der Waals surface area contributed by atoms with Crippen molar-refractivity contribution in [2.45, 2.75) is 19.9 Å². The predicted octanol–water partition coefficient (Wildman–Crippen LogP) is -0.677. The first-order chi connectivity index (χ1) is 8.26. The van der Waals surface area contributed by atoms with E-state index in [1.807, 2.05) is 0 Å². The first-order valence-corrected chi connectivity index (χ1v) is 5.29. The molecule has 96 valence electrons. The zero-order valence-corrected chi connectivity index (χ0v) is 10.1. The SMILES string of the molecule is COCCCNC(=NCc1nc(C)no1)NN. The average Bonchev–Trinajstić information content (AvgIpc) is 2.74. The molecule has 0 radical (unpaired) electrons. The fourth-order valence-electron chi connectivity index (χ4n) is 1.13. The quantitative estimate of drug-likeness (QED) is 0.199. The second kappa shape index (κ2) is 7.58. The Balaban J connectivity index is 2.33. The molecule has 0 atom stereocenters. The maximum absolute atomic E-state index is 5.32. The smallest absolute Gasteiger partial charge is 0.248 e. The van der Waals surface area contributed by atoms with E-state index in [1.54, 1.807) is 14.0 Å². The van der Waals surface area contributed by atoms with Gasteiger partial charge in [-0.15, -0.1) is 0 Å². The number of nitrogens with two attached hydrogens (primary N) is 1. The molecule has 17 heavy (non-hydrogen) atoms. The summed E-state index contributed by atoms with van der Waals surface area (Å²) in [6.07, 6.45) is 0.872. The summed E-state index contributed by atoms with van der Waals surface area (Å²) in [5, 5.41) is 6.69. The van der Waals surface area contributed by atoms with Gasteiger partial charge in [0.2, 0.25) is 11.9 Å². The maximum Gasteiger partial charge on any atom is 0.248 e.